The third-order valence-electron chi connectivity index (χ3n) is 8.15. The van der Waals surface area contributed by atoms with E-state index in [1.165, 1.54) is 6.08 Å². The van der Waals surface area contributed by atoms with Gasteiger partial charge in [-0.15, -0.1) is 0 Å². The Morgan fingerprint density at radius 3 is 2.00 bits per heavy atom. The van der Waals surface area contributed by atoms with Crippen molar-refractivity contribution in [3.05, 3.63) is 64.3 Å². The summed E-state index contributed by atoms with van der Waals surface area (Å²) < 4.78 is 0. The molecule has 0 saturated heterocycles. The monoisotopic (exact) mass is 432 g/mol. The van der Waals surface area contributed by atoms with E-state index >= 15 is 0 Å². The summed E-state index contributed by atoms with van der Waals surface area (Å²) in [6, 6.07) is 5.39. The lowest BCUT2D eigenvalue weighted by Gasteiger charge is -2.40. The molecule has 0 spiro atoms. The number of carbonyl (C=O) groups is 2. The van der Waals surface area contributed by atoms with Gasteiger partial charge in [-0.2, -0.15) is 0 Å². The lowest BCUT2D eigenvalue weighted by atomic mass is 9.67. The summed E-state index contributed by atoms with van der Waals surface area (Å²) in [5.74, 6) is -0.634. The van der Waals surface area contributed by atoms with Crippen LogP contribution in [-0.4, -0.2) is 27.4 Å². The van der Waals surface area contributed by atoms with E-state index in [1.807, 2.05) is 18.2 Å². The molecule has 4 atom stereocenters. The van der Waals surface area contributed by atoms with Crippen LogP contribution in [0.2, 0.25) is 0 Å². The highest BCUT2D eigenvalue weighted by molar-refractivity contribution is 6.14. The van der Waals surface area contributed by atoms with Crippen LogP contribution in [0.3, 0.4) is 0 Å². The minimum absolute atomic E-state index is 0.0612. The average Bonchev–Trinajstić information content (AvgIpc) is 3.20. The molecule has 4 aliphatic rings. The quantitative estimate of drug-likeness (QED) is 0.671. The maximum absolute atomic E-state index is 13.5. The van der Waals surface area contributed by atoms with Crippen molar-refractivity contribution >= 4 is 17.1 Å². The van der Waals surface area contributed by atoms with E-state index < -0.39 is 11.2 Å². The van der Waals surface area contributed by atoms with Gasteiger partial charge in [0.15, 0.2) is 11.6 Å². The zero-order valence-electron chi connectivity index (χ0n) is 19.7. The first-order chi connectivity index (χ1) is 14.6. The van der Waals surface area contributed by atoms with Crippen molar-refractivity contribution in [2.24, 2.45) is 22.7 Å². The van der Waals surface area contributed by atoms with Crippen molar-refractivity contribution in [1.29, 1.82) is 0 Å². The molecule has 2 N–H and O–H groups in total. The summed E-state index contributed by atoms with van der Waals surface area (Å²) >= 11 is 0. The molecule has 0 radical (unpaired) electrons. The highest BCUT2D eigenvalue weighted by Gasteiger charge is 2.52. The van der Waals surface area contributed by atoms with Crippen molar-refractivity contribution in [2.45, 2.75) is 65.6 Å². The van der Waals surface area contributed by atoms with Gasteiger partial charge in [0.25, 0.3) is 0 Å². The van der Waals surface area contributed by atoms with Gasteiger partial charge in [-0.05, 0) is 66.4 Å². The first-order valence-corrected chi connectivity index (χ1v) is 11.5. The molecule has 0 aromatic heterocycles. The van der Waals surface area contributed by atoms with Crippen LogP contribution in [0.15, 0.2) is 47.6 Å². The van der Waals surface area contributed by atoms with Gasteiger partial charge in [-0.25, -0.2) is 0 Å². The molecule has 4 nitrogen and oxygen atoms in total. The number of hydrogen-bond acceptors (Lipinski definition) is 4. The fraction of sp³-hybridized carbons (Fsp3) is 0.500. The van der Waals surface area contributed by atoms with Gasteiger partial charge in [-0.1, -0.05) is 52.0 Å². The fourth-order valence-corrected chi connectivity index (χ4v) is 6.51. The molecular formula is C28H32O4. The second-order valence-electron chi connectivity index (χ2n) is 12.0. The molecule has 168 valence electrons. The molecular weight excluding hydrogens is 400 g/mol. The number of Topliss-reactive ketones (excluding diaryl/α,β-unsaturated/α-hetero) is 1. The lowest BCUT2D eigenvalue weighted by molar-refractivity contribution is -0.113. The Hall–Kier alpha value is -2.30. The molecule has 32 heavy (non-hydrogen) atoms. The van der Waals surface area contributed by atoms with E-state index in [2.05, 4.69) is 27.7 Å². The molecule has 0 heterocycles. The number of fused-ring (bicyclic) bond motifs is 3. The van der Waals surface area contributed by atoms with E-state index in [9.17, 15) is 19.8 Å². The first-order valence-electron chi connectivity index (χ1n) is 11.5. The van der Waals surface area contributed by atoms with Crippen LogP contribution in [0.1, 0.15) is 75.9 Å². The van der Waals surface area contributed by atoms with Crippen LogP contribution >= 0.6 is 0 Å². The minimum Gasteiger partial charge on any atom is -0.385 e. The number of aliphatic hydroxyl groups is 2. The summed E-state index contributed by atoms with van der Waals surface area (Å²) in [5, 5.41) is 23.0. The Morgan fingerprint density at radius 2 is 1.38 bits per heavy atom. The standard InChI is InChI=1S/C28H32O4/c1-25(2)11-17-21(13-25)28(6,32)20(10-23(17)29)15-7-8-19-16(9-15)24(30)18-12-26(3,4)14-22(18)27(19,5)31/h7-12,21-22,31-32H,13-14H2,1-6H3/t21-,22-,27-,28-/m0/s1. The van der Waals surface area contributed by atoms with E-state index in [-0.39, 0.29) is 34.2 Å². The summed E-state index contributed by atoms with van der Waals surface area (Å²) in [5.41, 5.74) is 0.975. The molecule has 1 aromatic carbocycles. The second kappa shape index (κ2) is 6.18. The van der Waals surface area contributed by atoms with Gasteiger partial charge >= 0.3 is 0 Å². The van der Waals surface area contributed by atoms with Gasteiger partial charge in [0.2, 0.25) is 0 Å². The number of ketones is 2. The van der Waals surface area contributed by atoms with Crippen LogP contribution in [-0.2, 0) is 10.4 Å². The average molecular weight is 433 g/mol. The predicted octanol–water partition coefficient (Wildman–Crippen LogP) is 4.75. The maximum atomic E-state index is 13.5. The summed E-state index contributed by atoms with van der Waals surface area (Å²) in [4.78, 5) is 26.4. The van der Waals surface area contributed by atoms with Gasteiger partial charge < -0.3 is 10.2 Å². The number of carbonyl (C=O) groups excluding carboxylic acids is 2. The molecule has 0 fully saturated rings. The summed E-state index contributed by atoms with van der Waals surface area (Å²) in [7, 11) is 0. The Kier molecular flexibility index (Phi) is 4.16. The Bertz CT molecular complexity index is 1170. The number of allylic oxidation sites excluding steroid dienone is 3. The molecule has 0 amide bonds. The molecule has 4 heteroatoms. The molecule has 1 aromatic rings. The number of rotatable bonds is 1. The molecule has 0 bridgehead atoms. The van der Waals surface area contributed by atoms with Crippen LogP contribution in [0.5, 0.6) is 0 Å². The topological polar surface area (TPSA) is 74.6 Å². The van der Waals surface area contributed by atoms with Crippen LogP contribution < -0.4 is 0 Å². The largest absolute Gasteiger partial charge is 0.385 e. The van der Waals surface area contributed by atoms with Gasteiger partial charge in [0.05, 0.1) is 11.2 Å². The van der Waals surface area contributed by atoms with Gasteiger partial charge in [0.1, 0.15) is 0 Å². The van der Waals surface area contributed by atoms with Crippen molar-refractivity contribution in [1.82, 2.24) is 0 Å². The third kappa shape index (κ3) is 2.89. The molecule has 0 saturated carbocycles. The van der Waals surface area contributed by atoms with E-state index in [4.69, 9.17) is 0 Å². The van der Waals surface area contributed by atoms with Crippen molar-refractivity contribution in [3.8, 4) is 0 Å². The van der Waals surface area contributed by atoms with E-state index in [0.717, 1.165) is 6.42 Å². The van der Waals surface area contributed by atoms with Gasteiger partial charge in [0, 0.05) is 28.5 Å². The molecule has 5 rings (SSSR count). The third-order valence-corrected chi connectivity index (χ3v) is 8.15. The smallest absolute Gasteiger partial charge is 0.189 e. The first kappa shape index (κ1) is 21.5. The normalized spacial score (nSPS) is 36.7. The molecule has 0 unspecified atom stereocenters. The fourth-order valence-electron chi connectivity index (χ4n) is 6.51. The van der Waals surface area contributed by atoms with Crippen LogP contribution in [0.4, 0.5) is 0 Å². The Morgan fingerprint density at radius 1 is 0.812 bits per heavy atom. The SMILES string of the molecule is CC1(C)C=C2C(=O)C=C(c3ccc4c(c3)C(=O)C3=CC(C)(C)C[C@@H]3[C@@]4(C)O)[C@](C)(O)[C@H]2C1. The van der Waals surface area contributed by atoms with E-state index in [1.54, 1.807) is 26.0 Å². The highest BCUT2D eigenvalue weighted by atomic mass is 16.3. The summed E-state index contributed by atoms with van der Waals surface area (Å²) in [6.45, 7) is 11.9. The molecule has 4 aliphatic carbocycles. The maximum Gasteiger partial charge on any atom is 0.189 e. The minimum atomic E-state index is -1.22. The zero-order chi connectivity index (χ0) is 23.4. The predicted molar refractivity (Wildman–Crippen MR) is 124 cm³/mol. The van der Waals surface area contributed by atoms with E-state index in [0.29, 0.717) is 39.8 Å². The van der Waals surface area contributed by atoms with Gasteiger partial charge in [-0.3, -0.25) is 9.59 Å². The molecule has 0 aliphatic heterocycles. The number of hydrogen-bond donors (Lipinski definition) is 2. The lowest BCUT2D eigenvalue weighted by Crippen LogP contribution is -2.42. The highest BCUT2D eigenvalue weighted by Crippen LogP contribution is 2.54. The Labute approximate surface area is 189 Å². The number of benzene rings is 1. The van der Waals surface area contributed by atoms with Crippen LogP contribution in [0.25, 0.3) is 5.57 Å². The van der Waals surface area contributed by atoms with Crippen molar-refractivity contribution in [2.75, 3.05) is 0 Å². The Balaban J connectivity index is 1.63. The van der Waals surface area contributed by atoms with Crippen molar-refractivity contribution in [3.63, 3.8) is 0 Å². The summed E-state index contributed by atoms with van der Waals surface area (Å²) in [6.07, 6.45) is 6.94. The zero-order valence-corrected chi connectivity index (χ0v) is 19.7. The second-order valence-corrected chi connectivity index (χ2v) is 12.0. The van der Waals surface area contributed by atoms with Crippen molar-refractivity contribution < 1.29 is 19.8 Å². The van der Waals surface area contributed by atoms with Crippen LogP contribution in [0, 0.1) is 22.7 Å².